The zero-order chi connectivity index (χ0) is 23.8. The van der Waals surface area contributed by atoms with Gasteiger partial charge < -0.3 is 9.30 Å². The normalized spacial score (nSPS) is 17.9. The second-order valence-corrected chi connectivity index (χ2v) is 12.8. The van der Waals surface area contributed by atoms with Crippen LogP contribution < -0.4 is 4.80 Å². The van der Waals surface area contributed by atoms with Crippen molar-refractivity contribution in [1.82, 2.24) is 8.87 Å². The van der Waals surface area contributed by atoms with Crippen LogP contribution in [0.5, 0.6) is 0 Å². The fourth-order valence-electron chi connectivity index (χ4n) is 4.11. The molecule has 1 unspecified atom stereocenters. The molecule has 1 aliphatic rings. The van der Waals surface area contributed by atoms with Gasteiger partial charge in [-0.1, -0.05) is 29.0 Å². The minimum atomic E-state index is -3.81. The molecule has 33 heavy (non-hydrogen) atoms. The number of amides is 1. The highest BCUT2D eigenvalue weighted by Crippen LogP contribution is 2.32. The van der Waals surface area contributed by atoms with Gasteiger partial charge in [0.15, 0.2) is 4.80 Å². The number of aryl methyl sites for hydroxylation is 2. The van der Waals surface area contributed by atoms with Crippen molar-refractivity contribution in [2.75, 3.05) is 19.8 Å². The van der Waals surface area contributed by atoms with Crippen LogP contribution in [0.25, 0.3) is 10.2 Å². The van der Waals surface area contributed by atoms with E-state index in [0.29, 0.717) is 48.3 Å². The molecule has 1 atom stereocenters. The molecule has 1 aliphatic heterocycles. The molecule has 4 rings (SSSR count). The van der Waals surface area contributed by atoms with E-state index in [4.69, 9.17) is 16.3 Å². The van der Waals surface area contributed by atoms with Gasteiger partial charge in [0.1, 0.15) is 10.3 Å². The Labute approximate surface area is 206 Å². The Kier molecular flexibility index (Phi) is 7.42. The van der Waals surface area contributed by atoms with Crippen molar-refractivity contribution in [2.24, 2.45) is 4.99 Å². The van der Waals surface area contributed by atoms with Gasteiger partial charge in [-0.15, -0.1) is 11.3 Å². The minimum Gasteiger partial charge on any atom is -0.380 e. The van der Waals surface area contributed by atoms with Crippen molar-refractivity contribution < 1.29 is 17.9 Å². The van der Waals surface area contributed by atoms with E-state index >= 15 is 0 Å². The SMILES string of the molecule is CCOCCn1c(=NC(=O)C2CCCN2S(=O)(=O)c2ccc(Cl)s2)sc2c(C)cc(C)cc21. The lowest BCUT2D eigenvalue weighted by Crippen LogP contribution is -2.40. The second-order valence-electron chi connectivity index (χ2n) is 7.95. The molecule has 1 amide bonds. The first kappa shape index (κ1) is 24.6. The van der Waals surface area contributed by atoms with Crippen molar-refractivity contribution >= 4 is 60.4 Å². The fraction of sp³-hybridized carbons (Fsp3) is 0.455. The van der Waals surface area contributed by atoms with E-state index in [1.54, 1.807) is 6.07 Å². The molecule has 0 spiro atoms. The number of rotatable bonds is 7. The third-order valence-corrected chi connectivity index (χ3v) is 10.4. The van der Waals surface area contributed by atoms with Gasteiger partial charge >= 0.3 is 0 Å². The maximum absolute atomic E-state index is 13.3. The number of carbonyl (C=O) groups is 1. The number of hydrogen-bond donors (Lipinski definition) is 0. The summed E-state index contributed by atoms with van der Waals surface area (Å²) in [6.45, 7) is 7.98. The zero-order valence-corrected chi connectivity index (χ0v) is 21.9. The zero-order valence-electron chi connectivity index (χ0n) is 18.7. The lowest BCUT2D eigenvalue weighted by molar-refractivity contribution is -0.121. The number of thiophene rings is 1. The Balaban J connectivity index is 1.73. The van der Waals surface area contributed by atoms with Gasteiger partial charge in [-0.3, -0.25) is 4.79 Å². The number of aromatic nitrogens is 1. The van der Waals surface area contributed by atoms with Crippen molar-refractivity contribution in [3.63, 3.8) is 0 Å². The lowest BCUT2D eigenvalue weighted by Gasteiger charge is -2.20. The van der Waals surface area contributed by atoms with Crippen LogP contribution in [-0.2, 0) is 26.1 Å². The molecule has 0 bridgehead atoms. The molecule has 3 aromatic rings. The number of sulfonamides is 1. The van der Waals surface area contributed by atoms with Crippen LogP contribution in [0.1, 0.15) is 30.9 Å². The summed E-state index contributed by atoms with van der Waals surface area (Å²) in [5.41, 5.74) is 3.25. The molecular weight excluding hydrogens is 502 g/mol. The summed E-state index contributed by atoms with van der Waals surface area (Å²) in [4.78, 5) is 18.3. The Morgan fingerprint density at radius 3 is 2.76 bits per heavy atom. The minimum absolute atomic E-state index is 0.145. The number of hydrogen-bond acceptors (Lipinski definition) is 6. The van der Waals surface area contributed by atoms with Crippen LogP contribution in [0.15, 0.2) is 33.5 Å². The van der Waals surface area contributed by atoms with Crippen LogP contribution in [0, 0.1) is 13.8 Å². The number of halogens is 1. The van der Waals surface area contributed by atoms with E-state index in [2.05, 4.69) is 17.1 Å². The van der Waals surface area contributed by atoms with E-state index in [1.165, 1.54) is 21.7 Å². The van der Waals surface area contributed by atoms with Gasteiger partial charge in [-0.2, -0.15) is 9.30 Å². The van der Waals surface area contributed by atoms with Crippen LogP contribution in [-0.4, -0.2) is 49.0 Å². The predicted molar refractivity (Wildman–Crippen MR) is 133 cm³/mol. The highest BCUT2D eigenvalue weighted by Gasteiger charge is 2.40. The summed E-state index contributed by atoms with van der Waals surface area (Å²) < 4.78 is 36.7. The van der Waals surface area contributed by atoms with Gasteiger partial charge in [-0.25, -0.2) is 8.42 Å². The molecule has 0 N–H and O–H groups in total. The summed E-state index contributed by atoms with van der Waals surface area (Å²) in [6, 6.07) is 6.41. The maximum atomic E-state index is 13.3. The first-order valence-electron chi connectivity index (χ1n) is 10.8. The first-order chi connectivity index (χ1) is 15.7. The number of carbonyl (C=O) groups excluding carboxylic acids is 1. The summed E-state index contributed by atoms with van der Waals surface area (Å²) >= 11 is 8.40. The fourth-order valence-corrected chi connectivity index (χ4v) is 8.48. The standard InChI is InChI=1S/C22H26ClN3O4S3/c1-4-30-11-10-25-17-13-14(2)12-15(3)20(17)32-22(25)24-21(27)16-6-5-9-26(16)33(28,29)19-8-7-18(23)31-19/h7-8,12-13,16H,4-6,9-11H2,1-3H3. The van der Waals surface area contributed by atoms with Crippen LogP contribution in [0.4, 0.5) is 0 Å². The van der Waals surface area contributed by atoms with Crippen molar-refractivity contribution in [3.05, 3.63) is 44.5 Å². The molecule has 11 heteroatoms. The highest BCUT2D eigenvalue weighted by atomic mass is 35.5. The summed E-state index contributed by atoms with van der Waals surface area (Å²) in [5.74, 6) is -0.440. The maximum Gasteiger partial charge on any atom is 0.266 e. The van der Waals surface area contributed by atoms with Crippen molar-refractivity contribution in [3.8, 4) is 0 Å². The largest absolute Gasteiger partial charge is 0.380 e. The molecule has 3 heterocycles. The van der Waals surface area contributed by atoms with E-state index < -0.39 is 22.0 Å². The third-order valence-electron chi connectivity index (χ3n) is 5.58. The monoisotopic (exact) mass is 527 g/mol. The summed E-state index contributed by atoms with van der Waals surface area (Å²) in [5, 5.41) is 0. The van der Waals surface area contributed by atoms with Gasteiger partial charge in [0.2, 0.25) is 0 Å². The number of thiazole rings is 1. The Hall–Kier alpha value is -1.56. The smallest absolute Gasteiger partial charge is 0.266 e. The number of nitrogens with zero attached hydrogens (tertiary/aromatic N) is 3. The molecule has 1 aromatic carbocycles. The Morgan fingerprint density at radius 1 is 1.27 bits per heavy atom. The van der Waals surface area contributed by atoms with Gasteiger partial charge in [0, 0.05) is 19.7 Å². The first-order valence-corrected chi connectivity index (χ1v) is 14.2. The summed E-state index contributed by atoms with van der Waals surface area (Å²) in [7, 11) is -3.81. The van der Waals surface area contributed by atoms with Crippen LogP contribution >= 0.6 is 34.3 Å². The molecule has 178 valence electrons. The second kappa shape index (κ2) is 9.97. The van der Waals surface area contributed by atoms with Crippen LogP contribution in [0.2, 0.25) is 4.34 Å². The van der Waals surface area contributed by atoms with Crippen molar-refractivity contribution in [2.45, 2.75) is 50.4 Å². The molecule has 1 fully saturated rings. The third kappa shape index (κ3) is 4.96. The number of fused-ring (bicyclic) bond motifs is 1. The van der Waals surface area contributed by atoms with Crippen molar-refractivity contribution in [1.29, 1.82) is 0 Å². The Bertz CT molecular complexity index is 1360. The number of benzene rings is 1. The average Bonchev–Trinajstić information content (AvgIpc) is 3.48. The molecular formula is C22H26ClN3O4S3. The van der Waals surface area contributed by atoms with Gasteiger partial charge in [0.05, 0.1) is 21.2 Å². The van der Waals surface area contributed by atoms with Gasteiger partial charge in [0.25, 0.3) is 15.9 Å². The van der Waals surface area contributed by atoms with E-state index in [9.17, 15) is 13.2 Å². The predicted octanol–water partition coefficient (Wildman–Crippen LogP) is 4.35. The Morgan fingerprint density at radius 2 is 2.06 bits per heavy atom. The average molecular weight is 528 g/mol. The van der Waals surface area contributed by atoms with Gasteiger partial charge in [-0.05, 0) is 62.9 Å². The molecule has 7 nitrogen and oxygen atoms in total. The molecule has 0 radical (unpaired) electrons. The highest BCUT2D eigenvalue weighted by molar-refractivity contribution is 7.91. The molecule has 1 saturated heterocycles. The van der Waals surface area contributed by atoms with E-state index in [1.807, 2.05) is 25.3 Å². The molecule has 0 aliphatic carbocycles. The summed E-state index contributed by atoms with van der Waals surface area (Å²) in [6.07, 6.45) is 1.06. The molecule has 0 saturated carbocycles. The quantitative estimate of drug-likeness (QED) is 0.428. The van der Waals surface area contributed by atoms with E-state index in [-0.39, 0.29) is 4.21 Å². The topological polar surface area (TPSA) is 81.0 Å². The van der Waals surface area contributed by atoms with Crippen LogP contribution in [0.3, 0.4) is 0 Å². The lowest BCUT2D eigenvalue weighted by atomic mass is 10.1. The number of ether oxygens (including phenoxy) is 1. The molecule has 2 aromatic heterocycles. The van der Waals surface area contributed by atoms with E-state index in [0.717, 1.165) is 32.7 Å².